The number of aromatic nitrogens is 2. The van der Waals surface area contributed by atoms with Gasteiger partial charge in [-0.25, -0.2) is 23.5 Å². The molecule has 198 valence electrons. The van der Waals surface area contributed by atoms with Crippen molar-refractivity contribution in [2.24, 2.45) is 0 Å². The van der Waals surface area contributed by atoms with E-state index in [1.165, 1.54) is 19.2 Å². The lowest BCUT2D eigenvalue weighted by Crippen LogP contribution is -2.38. The first kappa shape index (κ1) is 26.9. The number of halogens is 2. The quantitative estimate of drug-likeness (QED) is 0.212. The molecule has 3 amide bonds. The number of aliphatic hydroxyl groups is 1. The van der Waals surface area contributed by atoms with Gasteiger partial charge in [0.15, 0.2) is 5.13 Å². The lowest BCUT2D eigenvalue weighted by atomic mass is 10.1. The molecule has 4 rings (SSSR count). The number of anilines is 3. The standard InChI is InChI=1S/C24H22F2N6O4S2/c1-11(9-33)28-23(35)32-24-31-20(27)19(38-24)22-30-18(10-37-22)14-7-17(16(26)8-15(14)25)29-21(34)12-4-3-5-13(6-12)36-2/h3-8,10-11,33H,9,27H2,1-2H3,(H,29,34)(H2,28,31,32,35). The number of nitrogens with two attached hydrogens (primary N) is 1. The Labute approximate surface area is 223 Å². The Morgan fingerprint density at radius 2 is 1.95 bits per heavy atom. The number of hydrogen-bond donors (Lipinski definition) is 5. The number of nitrogen functional groups attached to an aromatic ring is 1. The summed E-state index contributed by atoms with van der Waals surface area (Å²) in [6.45, 7) is 1.40. The summed E-state index contributed by atoms with van der Waals surface area (Å²) in [5.41, 5.74) is 6.17. The number of nitrogens with zero attached hydrogens (tertiary/aromatic N) is 2. The van der Waals surface area contributed by atoms with Gasteiger partial charge >= 0.3 is 6.03 Å². The highest BCUT2D eigenvalue weighted by Crippen LogP contribution is 2.39. The van der Waals surface area contributed by atoms with Gasteiger partial charge in [0, 0.05) is 22.6 Å². The minimum atomic E-state index is -0.950. The fourth-order valence-electron chi connectivity index (χ4n) is 3.24. The van der Waals surface area contributed by atoms with E-state index >= 15 is 0 Å². The van der Waals surface area contributed by atoms with E-state index in [1.54, 1.807) is 24.4 Å². The minimum absolute atomic E-state index is 0.0337. The summed E-state index contributed by atoms with van der Waals surface area (Å²) in [5, 5.41) is 18.7. The van der Waals surface area contributed by atoms with Crippen LogP contribution in [0, 0.1) is 11.6 Å². The SMILES string of the molecule is COc1cccc(C(=O)Nc2cc(-c3csc(-c4sc(NC(=O)NC(C)CO)nc4N)n3)c(F)cc2F)c1. The van der Waals surface area contributed by atoms with Gasteiger partial charge in [-0.05, 0) is 31.2 Å². The van der Waals surface area contributed by atoms with Crippen molar-refractivity contribution in [3.63, 3.8) is 0 Å². The maximum atomic E-state index is 14.7. The van der Waals surface area contributed by atoms with E-state index in [-0.39, 0.29) is 40.1 Å². The van der Waals surface area contributed by atoms with Gasteiger partial charge in [-0.2, -0.15) is 0 Å². The van der Waals surface area contributed by atoms with Crippen LogP contribution in [0.25, 0.3) is 21.1 Å². The normalized spacial score (nSPS) is 11.6. The van der Waals surface area contributed by atoms with Crippen molar-refractivity contribution in [2.45, 2.75) is 13.0 Å². The molecule has 0 aliphatic carbocycles. The van der Waals surface area contributed by atoms with Crippen LogP contribution in [-0.2, 0) is 0 Å². The van der Waals surface area contributed by atoms with Gasteiger partial charge in [0.2, 0.25) is 0 Å². The number of carbonyl (C=O) groups excluding carboxylic acids is 2. The molecular weight excluding hydrogens is 538 g/mol. The number of thiazole rings is 2. The van der Waals surface area contributed by atoms with Crippen molar-refractivity contribution in [1.82, 2.24) is 15.3 Å². The maximum absolute atomic E-state index is 14.7. The molecule has 0 spiro atoms. The monoisotopic (exact) mass is 560 g/mol. The Hall–Kier alpha value is -4.14. The topological polar surface area (TPSA) is 151 Å². The predicted octanol–water partition coefficient (Wildman–Crippen LogP) is 4.56. The van der Waals surface area contributed by atoms with Crippen LogP contribution in [0.2, 0.25) is 0 Å². The summed E-state index contributed by atoms with van der Waals surface area (Å²) in [6.07, 6.45) is 0. The van der Waals surface area contributed by atoms with Gasteiger partial charge < -0.3 is 26.2 Å². The predicted molar refractivity (Wildman–Crippen MR) is 143 cm³/mol. The Balaban J connectivity index is 1.56. The van der Waals surface area contributed by atoms with Crippen LogP contribution in [0.15, 0.2) is 41.8 Å². The largest absolute Gasteiger partial charge is 0.497 e. The molecule has 0 aliphatic rings. The van der Waals surface area contributed by atoms with E-state index in [4.69, 9.17) is 15.6 Å². The first-order valence-corrected chi connectivity index (χ1v) is 12.7. The molecule has 2 heterocycles. The van der Waals surface area contributed by atoms with Gasteiger partial charge in [0.05, 0.1) is 31.1 Å². The molecule has 1 atom stereocenters. The number of hydrogen-bond acceptors (Lipinski definition) is 9. The van der Waals surface area contributed by atoms with E-state index in [0.717, 1.165) is 28.7 Å². The molecule has 0 aliphatic heterocycles. The molecule has 4 aromatic rings. The molecule has 38 heavy (non-hydrogen) atoms. The fraction of sp³-hybridized carbons (Fsp3) is 0.167. The third kappa shape index (κ3) is 6.04. The molecule has 0 bridgehead atoms. The fourth-order valence-corrected chi connectivity index (χ4v) is 5.04. The van der Waals surface area contributed by atoms with E-state index in [2.05, 4.69) is 25.9 Å². The molecule has 6 N–H and O–H groups in total. The average molecular weight is 561 g/mol. The highest BCUT2D eigenvalue weighted by molar-refractivity contribution is 7.23. The second-order valence-electron chi connectivity index (χ2n) is 7.95. The number of methoxy groups -OCH3 is 1. The third-order valence-corrected chi connectivity index (χ3v) is 7.12. The first-order chi connectivity index (χ1) is 18.2. The number of aliphatic hydroxyl groups excluding tert-OH is 1. The van der Waals surface area contributed by atoms with Gasteiger partial charge in [-0.15, -0.1) is 11.3 Å². The van der Waals surface area contributed by atoms with Crippen LogP contribution in [0.3, 0.4) is 0 Å². The van der Waals surface area contributed by atoms with E-state index < -0.39 is 29.6 Å². The summed E-state index contributed by atoms with van der Waals surface area (Å²) in [7, 11) is 1.46. The van der Waals surface area contributed by atoms with Crippen LogP contribution < -0.4 is 26.4 Å². The van der Waals surface area contributed by atoms with Gasteiger partial charge in [0.1, 0.15) is 33.1 Å². The van der Waals surface area contributed by atoms with Crippen LogP contribution in [0.4, 0.5) is 30.2 Å². The van der Waals surface area contributed by atoms with E-state index in [0.29, 0.717) is 21.7 Å². The van der Waals surface area contributed by atoms with Crippen molar-refractivity contribution in [2.75, 3.05) is 30.1 Å². The lowest BCUT2D eigenvalue weighted by molar-refractivity contribution is 0.102. The zero-order valence-corrected chi connectivity index (χ0v) is 21.7. The van der Waals surface area contributed by atoms with E-state index in [1.807, 2.05) is 0 Å². The Kier molecular flexibility index (Phi) is 8.14. The number of ether oxygens (including phenoxy) is 1. The second-order valence-corrected chi connectivity index (χ2v) is 9.81. The zero-order chi connectivity index (χ0) is 27.4. The number of benzene rings is 2. The zero-order valence-electron chi connectivity index (χ0n) is 20.0. The third-order valence-electron chi connectivity index (χ3n) is 5.14. The molecule has 0 radical (unpaired) electrons. The van der Waals surface area contributed by atoms with Crippen LogP contribution >= 0.6 is 22.7 Å². The maximum Gasteiger partial charge on any atom is 0.321 e. The Morgan fingerprint density at radius 1 is 1.16 bits per heavy atom. The molecule has 14 heteroatoms. The molecule has 0 saturated carbocycles. The van der Waals surface area contributed by atoms with Crippen LogP contribution in [-0.4, -0.2) is 46.8 Å². The Bertz CT molecular complexity index is 1490. The van der Waals surface area contributed by atoms with Gasteiger partial charge in [-0.3, -0.25) is 10.1 Å². The summed E-state index contributed by atoms with van der Waals surface area (Å²) < 4.78 is 34.4. The van der Waals surface area contributed by atoms with Gasteiger partial charge in [0.25, 0.3) is 5.91 Å². The molecule has 2 aromatic heterocycles. The van der Waals surface area contributed by atoms with Crippen LogP contribution in [0.5, 0.6) is 5.75 Å². The number of amides is 3. The minimum Gasteiger partial charge on any atom is -0.497 e. The Morgan fingerprint density at radius 3 is 2.68 bits per heavy atom. The van der Waals surface area contributed by atoms with Gasteiger partial charge in [-0.1, -0.05) is 17.4 Å². The van der Waals surface area contributed by atoms with E-state index in [9.17, 15) is 18.4 Å². The number of carbonyl (C=O) groups is 2. The molecule has 0 fully saturated rings. The van der Waals surface area contributed by atoms with Crippen molar-refractivity contribution in [1.29, 1.82) is 0 Å². The average Bonchev–Trinajstić information content (AvgIpc) is 3.51. The highest BCUT2D eigenvalue weighted by atomic mass is 32.1. The summed E-state index contributed by atoms with van der Waals surface area (Å²) >= 11 is 2.21. The summed E-state index contributed by atoms with van der Waals surface area (Å²) in [4.78, 5) is 33.6. The lowest BCUT2D eigenvalue weighted by Gasteiger charge is -2.10. The highest BCUT2D eigenvalue weighted by Gasteiger charge is 2.20. The van der Waals surface area contributed by atoms with Crippen molar-refractivity contribution >= 4 is 51.2 Å². The number of urea groups is 1. The molecule has 2 aromatic carbocycles. The van der Waals surface area contributed by atoms with Crippen molar-refractivity contribution in [3.8, 4) is 26.9 Å². The van der Waals surface area contributed by atoms with Crippen molar-refractivity contribution in [3.05, 3.63) is 59.0 Å². The van der Waals surface area contributed by atoms with Crippen LogP contribution in [0.1, 0.15) is 17.3 Å². The molecule has 0 saturated heterocycles. The second kappa shape index (κ2) is 11.5. The first-order valence-electron chi connectivity index (χ1n) is 11.0. The molecule has 1 unspecified atom stereocenters. The number of nitrogens with one attached hydrogen (secondary N) is 3. The molecular formula is C24H22F2N6O4S2. The smallest absolute Gasteiger partial charge is 0.321 e. The number of rotatable bonds is 8. The molecule has 10 nitrogen and oxygen atoms in total. The van der Waals surface area contributed by atoms with Crippen molar-refractivity contribution < 1.29 is 28.2 Å². The summed E-state index contributed by atoms with van der Waals surface area (Å²) in [5.74, 6) is -1.86. The summed E-state index contributed by atoms with van der Waals surface area (Å²) in [6, 6.07) is 7.12.